The van der Waals surface area contributed by atoms with Crippen molar-refractivity contribution >= 4 is 5.96 Å². The number of aliphatic imine (C=N–C) groups is 1. The van der Waals surface area contributed by atoms with Crippen LogP contribution in [0.2, 0.25) is 0 Å². The van der Waals surface area contributed by atoms with E-state index in [0.717, 1.165) is 43.5 Å². The zero-order valence-corrected chi connectivity index (χ0v) is 18.1. The molecule has 3 atom stereocenters. The van der Waals surface area contributed by atoms with Gasteiger partial charge in [-0.2, -0.15) is 0 Å². The van der Waals surface area contributed by atoms with Crippen molar-refractivity contribution in [2.75, 3.05) is 33.9 Å². The van der Waals surface area contributed by atoms with Crippen LogP contribution < -0.4 is 20.1 Å². The van der Waals surface area contributed by atoms with E-state index in [2.05, 4.69) is 39.9 Å². The molecule has 2 N–H and O–H groups in total. The Labute approximate surface area is 179 Å². The molecule has 1 aliphatic heterocycles. The SMILES string of the molecule is CN=C(NCC(C)Oc1ccccc1OC)NCC1CCCOC1c1ccccc1. The van der Waals surface area contributed by atoms with Gasteiger partial charge in [0.15, 0.2) is 17.5 Å². The summed E-state index contributed by atoms with van der Waals surface area (Å²) in [6, 6.07) is 18.1. The Morgan fingerprint density at radius 2 is 1.83 bits per heavy atom. The number of methoxy groups -OCH3 is 1. The smallest absolute Gasteiger partial charge is 0.191 e. The fraction of sp³-hybridized carbons (Fsp3) is 0.458. The number of hydrogen-bond acceptors (Lipinski definition) is 4. The van der Waals surface area contributed by atoms with Crippen LogP contribution in [-0.4, -0.2) is 45.9 Å². The van der Waals surface area contributed by atoms with E-state index in [0.29, 0.717) is 12.5 Å². The van der Waals surface area contributed by atoms with Crippen molar-refractivity contribution in [3.05, 3.63) is 60.2 Å². The summed E-state index contributed by atoms with van der Waals surface area (Å²) in [6.07, 6.45) is 2.30. The highest BCUT2D eigenvalue weighted by Crippen LogP contribution is 2.33. The summed E-state index contributed by atoms with van der Waals surface area (Å²) in [5.74, 6) is 2.64. The largest absolute Gasteiger partial charge is 0.493 e. The number of nitrogens with one attached hydrogen (secondary N) is 2. The molecule has 30 heavy (non-hydrogen) atoms. The third kappa shape index (κ3) is 6.13. The summed E-state index contributed by atoms with van der Waals surface area (Å²) in [6.45, 7) is 4.27. The Hall–Kier alpha value is -2.73. The van der Waals surface area contributed by atoms with Crippen molar-refractivity contribution in [3.63, 3.8) is 0 Å². The first-order valence-electron chi connectivity index (χ1n) is 10.6. The lowest BCUT2D eigenvalue weighted by atomic mass is 9.89. The Bertz CT molecular complexity index is 797. The van der Waals surface area contributed by atoms with Crippen LogP contribution in [0.15, 0.2) is 59.6 Å². The van der Waals surface area contributed by atoms with Crippen molar-refractivity contribution in [3.8, 4) is 11.5 Å². The summed E-state index contributed by atoms with van der Waals surface area (Å²) in [7, 11) is 3.43. The summed E-state index contributed by atoms with van der Waals surface area (Å²) in [5.41, 5.74) is 1.24. The Morgan fingerprint density at radius 3 is 2.57 bits per heavy atom. The fourth-order valence-corrected chi connectivity index (χ4v) is 3.73. The molecule has 3 unspecified atom stereocenters. The molecule has 0 amide bonds. The van der Waals surface area contributed by atoms with Crippen LogP contribution >= 0.6 is 0 Å². The predicted molar refractivity (Wildman–Crippen MR) is 120 cm³/mol. The minimum Gasteiger partial charge on any atom is -0.493 e. The topological polar surface area (TPSA) is 64.1 Å². The maximum Gasteiger partial charge on any atom is 0.191 e. The average Bonchev–Trinajstić information content (AvgIpc) is 2.80. The molecule has 162 valence electrons. The molecule has 1 fully saturated rings. The van der Waals surface area contributed by atoms with E-state index < -0.39 is 0 Å². The lowest BCUT2D eigenvalue weighted by Crippen LogP contribution is -2.44. The molecule has 0 bridgehead atoms. The van der Waals surface area contributed by atoms with Gasteiger partial charge in [-0.05, 0) is 37.5 Å². The van der Waals surface area contributed by atoms with E-state index in [-0.39, 0.29) is 12.2 Å². The third-order valence-electron chi connectivity index (χ3n) is 5.28. The maximum absolute atomic E-state index is 6.10. The molecular formula is C24H33N3O3. The minimum absolute atomic E-state index is 0.0464. The van der Waals surface area contributed by atoms with Gasteiger partial charge in [0.1, 0.15) is 6.10 Å². The van der Waals surface area contributed by atoms with Crippen LogP contribution in [0.4, 0.5) is 0 Å². The van der Waals surface area contributed by atoms with Gasteiger partial charge in [0.2, 0.25) is 0 Å². The van der Waals surface area contributed by atoms with Crippen LogP contribution in [0.5, 0.6) is 11.5 Å². The van der Waals surface area contributed by atoms with Crippen molar-refractivity contribution in [1.29, 1.82) is 0 Å². The average molecular weight is 412 g/mol. The van der Waals surface area contributed by atoms with Crippen LogP contribution in [0, 0.1) is 5.92 Å². The van der Waals surface area contributed by atoms with Gasteiger partial charge in [0.25, 0.3) is 0 Å². The maximum atomic E-state index is 6.10. The van der Waals surface area contributed by atoms with Crippen molar-refractivity contribution < 1.29 is 14.2 Å². The first-order chi connectivity index (χ1) is 14.7. The molecule has 0 aromatic heterocycles. The molecule has 0 saturated carbocycles. The fourth-order valence-electron chi connectivity index (χ4n) is 3.73. The van der Waals surface area contributed by atoms with Crippen molar-refractivity contribution in [2.45, 2.75) is 32.0 Å². The second-order valence-electron chi connectivity index (χ2n) is 7.52. The summed E-state index contributed by atoms with van der Waals surface area (Å²) in [5, 5.41) is 6.81. The molecule has 3 rings (SSSR count). The number of nitrogens with zero attached hydrogens (tertiary/aromatic N) is 1. The quantitative estimate of drug-likeness (QED) is 0.511. The van der Waals surface area contributed by atoms with Crippen LogP contribution in [0.1, 0.15) is 31.4 Å². The zero-order chi connectivity index (χ0) is 21.2. The molecule has 2 aromatic carbocycles. The molecule has 0 radical (unpaired) electrons. The van der Waals surface area contributed by atoms with Gasteiger partial charge in [-0.25, -0.2) is 0 Å². The van der Waals surface area contributed by atoms with Crippen molar-refractivity contribution in [1.82, 2.24) is 10.6 Å². The number of para-hydroxylation sites is 2. The molecule has 1 aliphatic rings. The predicted octanol–water partition coefficient (Wildman–Crippen LogP) is 3.80. The third-order valence-corrected chi connectivity index (χ3v) is 5.28. The number of guanidine groups is 1. The van der Waals surface area contributed by atoms with E-state index >= 15 is 0 Å². The van der Waals surface area contributed by atoms with E-state index in [4.69, 9.17) is 14.2 Å². The zero-order valence-electron chi connectivity index (χ0n) is 18.1. The Balaban J connectivity index is 1.49. The standard InChI is InChI=1S/C24H33N3O3/c1-18(30-22-14-8-7-13-21(22)28-3)16-26-24(25-2)27-17-20-12-9-15-29-23(20)19-10-5-4-6-11-19/h4-8,10-11,13-14,18,20,23H,9,12,15-17H2,1-3H3,(H2,25,26,27). The van der Waals surface area contributed by atoms with Gasteiger partial charge >= 0.3 is 0 Å². The first-order valence-corrected chi connectivity index (χ1v) is 10.6. The number of ether oxygens (including phenoxy) is 3. The number of hydrogen-bond donors (Lipinski definition) is 2. The van der Waals surface area contributed by atoms with E-state index in [1.165, 1.54) is 5.56 Å². The first kappa shape index (κ1) is 22.0. The normalized spacial score (nSPS) is 20.3. The van der Waals surface area contributed by atoms with E-state index in [9.17, 15) is 0 Å². The van der Waals surface area contributed by atoms with Gasteiger partial charge < -0.3 is 24.8 Å². The van der Waals surface area contributed by atoms with Crippen LogP contribution in [-0.2, 0) is 4.74 Å². The van der Waals surface area contributed by atoms with Gasteiger partial charge in [-0.15, -0.1) is 0 Å². The highest BCUT2D eigenvalue weighted by atomic mass is 16.5. The Morgan fingerprint density at radius 1 is 1.10 bits per heavy atom. The second kappa shape index (κ2) is 11.5. The molecule has 6 nitrogen and oxygen atoms in total. The molecule has 1 saturated heterocycles. The molecular weight excluding hydrogens is 378 g/mol. The summed E-state index contributed by atoms with van der Waals surface area (Å²) in [4.78, 5) is 4.36. The van der Waals surface area contributed by atoms with E-state index in [1.54, 1.807) is 14.2 Å². The highest BCUT2D eigenvalue weighted by molar-refractivity contribution is 5.79. The molecule has 0 aliphatic carbocycles. The number of rotatable bonds is 8. The van der Waals surface area contributed by atoms with Gasteiger partial charge in [-0.3, -0.25) is 4.99 Å². The monoisotopic (exact) mass is 411 g/mol. The van der Waals surface area contributed by atoms with Gasteiger partial charge in [-0.1, -0.05) is 42.5 Å². The summed E-state index contributed by atoms with van der Waals surface area (Å²) >= 11 is 0. The van der Waals surface area contributed by atoms with Crippen molar-refractivity contribution in [2.24, 2.45) is 10.9 Å². The molecule has 0 spiro atoms. The molecule has 6 heteroatoms. The van der Waals surface area contributed by atoms with E-state index in [1.807, 2.05) is 37.3 Å². The second-order valence-corrected chi connectivity index (χ2v) is 7.52. The minimum atomic E-state index is -0.0464. The van der Waals surface area contributed by atoms with Gasteiger partial charge in [0, 0.05) is 26.1 Å². The Kier molecular flexibility index (Phi) is 8.39. The lowest BCUT2D eigenvalue weighted by Gasteiger charge is -2.32. The van der Waals surface area contributed by atoms with Gasteiger partial charge in [0.05, 0.1) is 19.8 Å². The molecule has 1 heterocycles. The number of benzene rings is 2. The molecule has 2 aromatic rings. The summed E-state index contributed by atoms with van der Waals surface area (Å²) < 4.78 is 17.5. The van der Waals surface area contributed by atoms with Crippen LogP contribution in [0.25, 0.3) is 0 Å². The highest BCUT2D eigenvalue weighted by Gasteiger charge is 2.27. The lowest BCUT2D eigenvalue weighted by molar-refractivity contribution is -0.0265. The van der Waals surface area contributed by atoms with Crippen LogP contribution in [0.3, 0.4) is 0 Å².